The van der Waals surface area contributed by atoms with E-state index in [1.165, 1.54) is 0 Å². The minimum atomic E-state index is 0.152. The topological polar surface area (TPSA) is 52.3 Å². The maximum absolute atomic E-state index is 12.0. The summed E-state index contributed by atoms with van der Waals surface area (Å²) in [5, 5.41) is 0. The summed E-state index contributed by atoms with van der Waals surface area (Å²) >= 11 is 0. The van der Waals surface area contributed by atoms with E-state index in [1.807, 2.05) is 38.1 Å². The fourth-order valence-electron chi connectivity index (χ4n) is 1.94. The van der Waals surface area contributed by atoms with E-state index >= 15 is 0 Å². The third kappa shape index (κ3) is 5.88. The van der Waals surface area contributed by atoms with Crippen LogP contribution in [0.15, 0.2) is 24.3 Å². The van der Waals surface area contributed by atoms with Crippen molar-refractivity contribution in [2.45, 2.75) is 46.1 Å². The van der Waals surface area contributed by atoms with E-state index in [2.05, 4.69) is 6.92 Å². The van der Waals surface area contributed by atoms with Gasteiger partial charge in [-0.15, -0.1) is 0 Å². The quantitative estimate of drug-likeness (QED) is 0.731. The molecule has 1 unspecified atom stereocenters. The summed E-state index contributed by atoms with van der Waals surface area (Å²) in [6, 6.07) is 7.40. The molecule has 0 bridgehead atoms. The number of carbonyl (C=O) groups excluding carboxylic acids is 1. The van der Waals surface area contributed by atoms with Gasteiger partial charge in [0.25, 0.3) is 0 Å². The third-order valence-corrected chi connectivity index (χ3v) is 3.07. The Morgan fingerprint density at radius 2 is 1.79 bits per heavy atom. The Labute approximate surface area is 116 Å². The lowest BCUT2D eigenvalue weighted by atomic mass is 9.97. The van der Waals surface area contributed by atoms with Crippen LogP contribution in [0.2, 0.25) is 0 Å². The first-order valence-corrected chi connectivity index (χ1v) is 7.03. The van der Waals surface area contributed by atoms with Gasteiger partial charge in [-0.2, -0.15) is 0 Å². The molecule has 0 aliphatic heterocycles. The fraction of sp³-hybridized carbons (Fsp3) is 0.562. The summed E-state index contributed by atoms with van der Waals surface area (Å²) in [7, 11) is 0. The van der Waals surface area contributed by atoms with Gasteiger partial charge in [0.15, 0.2) is 5.78 Å². The predicted octanol–water partition coefficient (Wildman–Crippen LogP) is 3.42. The van der Waals surface area contributed by atoms with Gasteiger partial charge in [-0.1, -0.05) is 6.92 Å². The highest BCUT2D eigenvalue weighted by atomic mass is 16.5. The second-order valence-electron chi connectivity index (χ2n) is 5.34. The van der Waals surface area contributed by atoms with E-state index in [-0.39, 0.29) is 11.9 Å². The van der Waals surface area contributed by atoms with Crippen LogP contribution < -0.4 is 10.5 Å². The van der Waals surface area contributed by atoms with Gasteiger partial charge < -0.3 is 10.5 Å². The number of ether oxygens (including phenoxy) is 1. The number of carbonyl (C=O) groups is 1. The van der Waals surface area contributed by atoms with E-state index in [4.69, 9.17) is 10.5 Å². The monoisotopic (exact) mass is 263 g/mol. The molecule has 106 valence electrons. The van der Waals surface area contributed by atoms with Gasteiger partial charge in [0.1, 0.15) is 5.75 Å². The molecular weight excluding hydrogens is 238 g/mol. The highest BCUT2D eigenvalue weighted by Crippen LogP contribution is 2.17. The number of ketones is 1. The Hall–Kier alpha value is -1.35. The van der Waals surface area contributed by atoms with E-state index in [0.717, 1.165) is 24.2 Å². The van der Waals surface area contributed by atoms with Crippen LogP contribution in [0.1, 0.15) is 50.4 Å². The summed E-state index contributed by atoms with van der Waals surface area (Å²) in [5.74, 6) is 1.51. The summed E-state index contributed by atoms with van der Waals surface area (Å²) in [4.78, 5) is 12.0. The van der Waals surface area contributed by atoms with Gasteiger partial charge in [-0.3, -0.25) is 4.79 Å². The van der Waals surface area contributed by atoms with Crippen molar-refractivity contribution in [2.75, 3.05) is 6.54 Å². The van der Waals surface area contributed by atoms with Crippen LogP contribution in [0.25, 0.3) is 0 Å². The molecule has 19 heavy (non-hydrogen) atoms. The Morgan fingerprint density at radius 1 is 1.16 bits per heavy atom. The van der Waals surface area contributed by atoms with Crippen molar-refractivity contribution in [2.24, 2.45) is 11.7 Å². The van der Waals surface area contributed by atoms with Crippen LogP contribution in [0.4, 0.5) is 0 Å². The smallest absolute Gasteiger partial charge is 0.162 e. The normalized spacial score (nSPS) is 12.5. The SMILES string of the molecule is CC(CCN)CCC(=O)c1ccc(OC(C)C)cc1. The molecule has 0 radical (unpaired) electrons. The Bertz CT molecular complexity index is 384. The average Bonchev–Trinajstić information content (AvgIpc) is 2.36. The zero-order valence-electron chi connectivity index (χ0n) is 12.2. The van der Waals surface area contributed by atoms with Crippen LogP contribution in [0, 0.1) is 5.92 Å². The van der Waals surface area contributed by atoms with Gasteiger partial charge in [-0.05, 0) is 63.4 Å². The first-order valence-electron chi connectivity index (χ1n) is 7.03. The minimum Gasteiger partial charge on any atom is -0.491 e. The van der Waals surface area contributed by atoms with E-state index < -0.39 is 0 Å². The van der Waals surface area contributed by atoms with Crippen molar-refractivity contribution in [1.82, 2.24) is 0 Å². The molecule has 3 nitrogen and oxygen atoms in total. The van der Waals surface area contributed by atoms with Crippen LogP contribution >= 0.6 is 0 Å². The molecule has 3 heteroatoms. The van der Waals surface area contributed by atoms with Gasteiger partial charge in [-0.25, -0.2) is 0 Å². The molecule has 0 saturated heterocycles. The van der Waals surface area contributed by atoms with Crippen molar-refractivity contribution in [1.29, 1.82) is 0 Å². The van der Waals surface area contributed by atoms with Crippen LogP contribution in [-0.2, 0) is 0 Å². The molecule has 0 spiro atoms. The lowest BCUT2D eigenvalue weighted by Gasteiger charge is -2.11. The Kier molecular flexibility index (Phi) is 6.57. The molecule has 1 rings (SSSR count). The highest BCUT2D eigenvalue weighted by molar-refractivity contribution is 5.96. The zero-order chi connectivity index (χ0) is 14.3. The number of nitrogens with two attached hydrogens (primary N) is 1. The molecule has 0 aliphatic rings. The van der Waals surface area contributed by atoms with Crippen molar-refractivity contribution < 1.29 is 9.53 Å². The molecule has 1 aromatic carbocycles. The first-order chi connectivity index (χ1) is 9.02. The number of hydrogen-bond donors (Lipinski definition) is 1. The molecule has 0 aromatic heterocycles. The van der Waals surface area contributed by atoms with E-state index in [1.54, 1.807) is 0 Å². The minimum absolute atomic E-state index is 0.152. The van der Waals surface area contributed by atoms with Crippen molar-refractivity contribution in [3.05, 3.63) is 29.8 Å². The number of hydrogen-bond acceptors (Lipinski definition) is 3. The molecule has 0 amide bonds. The largest absolute Gasteiger partial charge is 0.491 e. The molecule has 0 heterocycles. The summed E-state index contributed by atoms with van der Waals surface area (Å²) in [6.45, 7) is 6.80. The maximum atomic E-state index is 12.0. The lowest BCUT2D eigenvalue weighted by Crippen LogP contribution is -2.08. The van der Waals surface area contributed by atoms with Gasteiger partial charge in [0.05, 0.1) is 6.10 Å². The number of benzene rings is 1. The molecule has 0 saturated carbocycles. The fourth-order valence-corrected chi connectivity index (χ4v) is 1.94. The van der Waals surface area contributed by atoms with Crippen LogP contribution in [0.3, 0.4) is 0 Å². The van der Waals surface area contributed by atoms with Crippen LogP contribution in [-0.4, -0.2) is 18.4 Å². The molecule has 0 fully saturated rings. The average molecular weight is 263 g/mol. The standard InChI is InChI=1S/C16H25NO2/c1-12(2)19-15-7-5-14(6-8-15)16(18)9-4-13(3)10-11-17/h5-8,12-13H,4,9-11,17H2,1-3H3. The summed E-state index contributed by atoms with van der Waals surface area (Å²) in [5.41, 5.74) is 6.26. The molecule has 1 atom stereocenters. The highest BCUT2D eigenvalue weighted by Gasteiger charge is 2.09. The van der Waals surface area contributed by atoms with Gasteiger partial charge >= 0.3 is 0 Å². The van der Waals surface area contributed by atoms with E-state index in [9.17, 15) is 4.79 Å². The van der Waals surface area contributed by atoms with E-state index in [0.29, 0.717) is 18.9 Å². The second-order valence-corrected chi connectivity index (χ2v) is 5.34. The first kappa shape index (κ1) is 15.7. The Balaban J connectivity index is 2.48. The van der Waals surface area contributed by atoms with Gasteiger partial charge in [0.2, 0.25) is 0 Å². The van der Waals surface area contributed by atoms with Gasteiger partial charge in [0, 0.05) is 12.0 Å². The summed E-state index contributed by atoms with van der Waals surface area (Å²) in [6.07, 6.45) is 2.62. The Morgan fingerprint density at radius 3 is 2.32 bits per heavy atom. The maximum Gasteiger partial charge on any atom is 0.162 e. The molecule has 0 aliphatic carbocycles. The van der Waals surface area contributed by atoms with Crippen molar-refractivity contribution in [3.63, 3.8) is 0 Å². The van der Waals surface area contributed by atoms with Crippen molar-refractivity contribution >= 4 is 5.78 Å². The number of rotatable bonds is 8. The number of Topliss-reactive ketones (excluding diaryl/α,β-unsaturated/α-hetero) is 1. The second kappa shape index (κ2) is 7.95. The third-order valence-electron chi connectivity index (χ3n) is 3.07. The molecule has 1 aromatic rings. The predicted molar refractivity (Wildman–Crippen MR) is 78.6 cm³/mol. The summed E-state index contributed by atoms with van der Waals surface area (Å²) < 4.78 is 5.55. The van der Waals surface area contributed by atoms with Crippen LogP contribution in [0.5, 0.6) is 5.75 Å². The molecular formula is C16H25NO2. The van der Waals surface area contributed by atoms with Crippen molar-refractivity contribution in [3.8, 4) is 5.75 Å². The zero-order valence-corrected chi connectivity index (χ0v) is 12.2. The lowest BCUT2D eigenvalue weighted by molar-refractivity contribution is 0.0974. The molecule has 2 N–H and O–H groups in total.